The van der Waals surface area contributed by atoms with Crippen molar-refractivity contribution in [1.29, 1.82) is 0 Å². The molecule has 2 amide bonds. The fourth-order valence-electron chi connectivity index (χ4n) is 2.92. The number of hydrogen-bond donors (Lipinski definition) is 2. The van der Waals surface area contributed by atoms with Gasteiger partial charge >= 0.3 is 11.8 Å². The molecule has 0 saturated carbocycles. The number of likely N-dealkylation sites (tertiary alicyclic amines) is 1. The lowest BCUT2D eigenvalue weighted by molar-refractivity contribution is -0.139. The number of benzene rings is 1. The standard InChI is InChI=1S/C17H25N3O2/c1-3-20-11-7-10-15(20)12-18-16(21)17(22)19-13(2)14-8-5-4-6-9-14/h4-6,8-9,13,15H,3,7,10-12H2,1-2H3,(H,18,21)(H,19,22)/t13-,15-/m1/s1. The molecule has 2 atom stereocenters. The van der Waals surface area contributed by atoms with Crippen molar-refractivity contribution in [2.75, 3.05) is 19.6 Å². The third-order valence-corrected chi connectivity index (χ3v) is 4.26. The van der Waals surface area contributed by atoms with Crippen LogP contribution in [0.1, 0.15) is 38.3 Å². The highest BCUT2D eigenvalue weighted by molar-refractivity contribution is 6.35. The van der Waals surface area contributed by atoms with Gasteiger partial charge in [-0.2, -0.15) is 0 Å². The van der Waals surface area contributed by atoms with Gasteiger partial charge in [0.15, 0.2) is 0 Å². The van der Waals surface area contributed by atoms with Gasteiger partial charge in [-0.25, -0.2) is 0 Å². The van der Waals surface area contributed by atoms with Crippen molar-refractivity contribution in [2.24, 2.45) is 0 Å². The van der Waals surface area contributed by atoms with Crippen LogP contribution in [0.2, 0.25) is 0 Å². The SMILES string of the molecule is CCN1CCC[C@@H]1CNC(=O)C(=O)N[C@H](C)c1ccccc1. The molecular weight excluding hydrogens is 278 g/mol. The van der Waals surface area contributed by atoms with Crippen LogP contribution >= 0.6 is 0 Å². The Hall–Kier alpha value is -1.88. The predicted octanol–water partition coefficient (Wildman–Crippen LogP) is 1.46. The van der Waals surface area contributed by atoms with E-state index in [0.29, 0.717) is 12.6 Å². The van der Waals surface area contributed by atoms with Crippen molar-refractivity contribution in [3.05, 3.63) is 35.9 Å². The van der Waals surface area contributed by atoms with Crippen LogP contribution in [0, 0.1) is 0 Å². The highest BCUT2D eigenvalue weighted by Crippen LogP contribution is 2.15. The minimum atomic E-state index is -0.572. The van der Waals surface area contributed by atoms with E-state index in [0.717, 1.165) is 31.5 Å². The summed E-state index contributed by atoms with van der Waals surface area (Å²) in [5.41, 5.74) is 0.983. The third-order valence-electron chi connectivity index (χ3n) is 4.26. The largest absolute Gasteiger partial charge is 0.346 e. The number of carbonyl (C=O) groups excluding carboxylic acids is 2. The van der Waals surface area contributed by atoms with Crippen LogP contribution in [-0.2, 0) is 9.59 Å². The van der Waals surface area contributed by atoms with Crippen molar-refractivity contribution < 1.29 is 9.59 Å². The maximum absolute atomic E-state index is 11.9. The molecule has 0 bridgehead atoms. The van der Waals surface area contributed by atoms with Gasteiger partial charge in [-0.05, 0) is 38.4 Å². The molecule has 0 unspecified atom stereocenters. The first-order valence-corrected chi connectivity index (χ1v) is 7.99. The maximum atomic E-state index is 11.9. The summed E-state index contributed by atoms with van der Waals surface area (Å²) in [5, 5.41) is 5.48. The van der Waals surface area contributed by atoms with E-state index in [2.05, 4.69) is 22.5 Å². The molecule has 1 aromatic carbocycles. The quantitative estimate of drug-likeness (QED) is 0.810. The fraction of sp³-hybridized carbons (Fsp3) is 0.529. The molecule has 1 aromatic rings. The van der Waals surface area contributed by atoms with Gasteiger partial charge in [0.25, 0.3) is 0 Å². The van der Waals surface area contributed by atoms with E-state index in [1.807, 2.05) is 37.3 Å². The number of hydrogen-bond acceptors (Lipinski definition) is 3. The average Bonchev–Trinajstić information content (AvgIpc) is 3.00. The molecule has 2 N–H and O–H groups in total. The van der Waals surface area contributed by atoms with E-state index in [9.17, 15) is 9.59 Å². The van der Waals surface area contributed by atoms with Gasteiger partial charge < -0.3 is 10.6 Å². The summed E-state index contributed by atoms with van der Waals surface area (Å²) in [6.45, 7) is 6.59. The zero-order valence-corrected chi connectivity index (χ0v) is 13.3. The first kappa shape index (κ1) is 16.5. The minimum Gasteiger partial charge on any atom is -0.346 e. The molecule has 2 rings (SSSR count). The van der Waals surface area contributed by atoms with Gasteiger partial charge in [-0.1, -0.05) is 37.3 Å². The number of nitrogens with one attached hydrogen (secondary N) is 2. The van der Waals surface area contributed by atoms with Crippen LogP contribution < -0.4 is 10.6 Å². The molecule has 0 spiro atoms. The van der Waals surface area contributed by atoms with Gasteiger partial charge in [0, 0.05) is 12.6 Å². The third kappa shape index (κ3) is 4.31. The molecule has 1 fully saturated rings. The van der Waals surface area contributed by atoms with Crippen molar-refractivity contribution in [1.82, 2.24) is 15.5 Å². The lowest BCUT2D eigenvalue weighted by Crippen LogP contribution is -2.46. The van der Waals surface area contributed by atoms with E-state index < -0.39 is 11.8 Å². The number of likely N-dealkylation sites (N-methyl/N-ethyl adjacent to an activating group) is 1. The monoisotopic (exact) mass is 303 g/mol. The Kier molecular flexibility index (Phi) is 5.95. The summed E-state index contributed by atoms with van der Waals surface area (Å²) in [5.74, 6) is -1.12. The van der Waals surface area contributed by atoms with Crippen LogP contribution in [0.4, 0.5) is 0 Å². The maximum Gasteiger partial charge on any atom is 0.309 e. The molecule has 1 heterocycles. The number of rotatable bonds is 5. The summed E-state index contributed by atoms with van der Waals surface area (Å²) in [6, 6.07) is 9.79. The van der Waals surface area contributed by atoms with Gasteiger partial charge in [-0.3, -0.25) is 14.5 Å². The molecule has 22 heavy (non-hydrogen) atoms. The van der Waals surface area contributed by atoms with Crippen molar-refractivity contribution in [3.8, 4) is 0 Å². The number of amides is 2. The van der Waals surface area contributed by atoms with Crippen molar-refractivity contribution in [2.45, 2.75) is 38.8 Å². The normalized spacial score (nSPS) is 19.6. The topological polar surface area (TPSA) is 61.4 Å². The summed E-state index contributed by atoms with van der Waals surface area (Å²) in [4.78, 5) is 26.2. The van der Waals surface area contributed by atoms with E-state index in [4.69, 9.17) is 0 Å². The lowest BCUT2D eigenvalue weighted by Gasteiger charge is -2.23. The van der Waals surface area contributed by atoms with Crippen LogP contribution in [0.15, 0.2) is 30.3 Å². The molecule has 0 aliphatic carbocycles. The number of carbonyl (C=O) groups is 2. The Morgan fingerprint density at radius 3 is 2.68 bits per heavy atom. The zero-order chi connectivity index (χ0) is 15.9. The Morgan fingerprint density at radius 1 is 1.27 bits per heavy atom. The molecule has 0 aromatic heterocycles. The van der Waals surface area contributed by atoms with Crippen LogP contribution in [0.5, 0.6) is 0 Å². The first-order valence-electron chi connectivity index (χ1n) is 7.99. The van der Waals surface area contributed by atoms with E-state index in [1.165, 1.54) is 0 Å². The van der Waals surface area contributed by atoms with Gasteiger partial charge in [0.1, 0.15) is 0 Å². The molecule has 0 radical (unpaired) electrons. The molecular formula is C17H25N3O2. The molecule has 1 aliphatic rings. The Morgan fingerprint density at radius 2 is 2.00 bits per heavy atom. The number of nitrogens with zero attached hydrogens (tertiary/aromatic N) is 1. The molecule has 5 nitrogen and oxygen atoms in total. The van der Waals surface area contributed by atoms with E-state index >= 15 is 0 Å². The summed E-state index contributed by atoms with van der Waals surface area (Å²) >= 11 is 0. The first-order chi connectivity index (χ1) is 10.6. The second-order valence-electron chi connectivity index (χ2n) is 5.74. The summed E-state index contributed by atoms with van der Waals surface area (Å²) in [6.07, 6.45) is 2.24. The average molecular weight is 303 g/mol. The summed E-state index contributed by atoms with van der Waals surface area (Å²) in [7, 11) is 0. The van der Waals surface area contributed by atoms with E-state index in [1.54, 1.807) is 0 Å². The fourth-order valence-corrected chi connectivity index (χ4v) is 2.92. The second-order valence-corrected chi connectivity index (χ2v) is 5.74. The van der Waals surface area contributed by atoms with Crippen LogP contribution in [0.25, 0.3) is 0 Å². The molecule has 1 saturated heterocycles. The summed E-state index contributed by atoms with van der Waals surface area (Å²) < 4.78 is 0. The van der Waals surface area contributed by atoms with Gasteiger partial charge in [0.2, 0.25) is 0 Å². The molecule has 120 valence electrons. The molecule has 1 aliphatic heterocycles. The van der Waals surface area contributed by atoms with Crippen LogP contribution in [0.3, 0.4) is 0 Å². The highest BCUT2D eigenvalue weighted by Gasteiger charge is 2.24. The smallest absolute Gasteiger partial charge is 0.309 e. The van der Waals surface area contributed by atoms with Crippen molar-refractivity contribution in [3.63, 3.8) is 0 Å². The lowest BCUT2D eigenvalue weighted by atomic mass is 10.1. The minimum absolute atomic E-state index is 0.182. The van der Waals surface area contributed by atoms with Crippen molar-refractivity contribution >= 4 is 11.8 Å². The highest BCUT2D eigenvalue weighted by atomic mass is 16.2. The molecule has 5 heteroatoms. The predicted molar refractivity (Wildman–Crippen MR) is 86.3 cm³/mol. The Balaban J connectivity index is 1.78. The van der Waals surface area contributed by atoms with Gasteiger partial charge in [-0.15, -0.1) is 0 Å². The van der Waals surface area contributed by atoms with Crippen LogP contribution in [-0.4, -0.2) is 42.4 Å². The van der Waals surface area contributed by atoms with Gasteiger partial charge in [0.05, 0.1) is 6.04 Å². The Labute approximate surface area is 132 Å². The van der Waals surface area contributed by atoms with E-state index in [-0.39, 0.29) is 6.04 Å². The second kappa shape index (κ2) is 7.94. The zero-order valence-electron chi connectivity index (χ0n) is 13.3. The Bertz CT molecular complexity index is 504.